The normalized spacial score (nSPS) is 9.52. The molecule has 114 valence electrons. The molecule has 23 heavy (non-hydrogen) atoms. The summed E-state index contributed by atoms with van der Waals surface area (Å²) in [6.45, 7) is 3.27. The molecule has 0 heterocycles. The molecule has 0 unspecified atom stereocenters. The first-order valence-corrected chi connectivity index (χ1v) is 6.73. The molecule has 0 saturated heterocycles. The Bertz CT molecular complexity index is 755. The maximum Gasteiger partial charge on any atom is 0.343 e. The van der Waals surface area contributed by atoms with Gasteiger partial charge in [-0.3, -0.25) is 4.79 Å². The summed E-state index contributed by atoms with van der Waals surface area (Å²) in [5.41, 5.74) is 0.818. The second-order valence-corrected chi connectivity index (χ2v) is 4.51. The molecule has 5 heteroatoms. The lowest BCUT2D eigenvalue weighted by atomic mass is 10.1. The second-order valence-electron chi connectivity index (χ2n) is 4.51. The Morgan fingerprint density at radius 1 is 1.04 bits per heavy atom. The van der Waals surface area contributed by atoms with E-state index in [1.807, 2.05) is 6.07 Å². The minimum absolute atomic E-state index is 0.0894. The van der Waals surface area contributed by atoms with Crippen molar-refractivity contribution >= 4 is 11.8 Å². The number of benzene rings is 2. The summed E-state index contributed by atoms with van der Waals surface area (Å²) in [6.07, 6.45) is 1.19. The molecule has 0 saturated carbocycles. The van der Waals surface area contributed by atoms with Gasteiger partial charge in [0, 0.05) is 0 Å². The number of nitriles is 1. The molecule has 0 aliphatic carbocycles. The van der Waals surface area contributed by atoms with Crippen LogP contribution in [0.15, 0.2) is 61.2 Å². The zero-order chi connectivity index (χ0) is 16.7. The van der Waals surface area contributed by atoms with E-state index in [1.165, 1.54) is 18.2 Å². The quantitative estimate of drug-likeness (QED) is 0.466. The molecule has 0 bridgehead atoms. The maximum atomic E-state index is 12.0. The van der Waals surface area contributed by atoms with Crippen molar-refractivity contribution < 1.29 is 19.1 Å². The van der Waals surface area contributed by atoms with E-state index in [0.717, 1.165) is 0 Å². The van der Waals surface area contributed by atoms with Crippen LogP contribution in [0.2, 0.25) is 0 Å². The third-order valence-corrected chi connectivity index (χ3v) is 2.89. The predicted octanol–water partition coefficient (Wildman–Crippen LogP) is 2.91. The zero-order valence-corrected chi connectivity index (χ0v) is 12.2. The van der Waals surface area contributed by atoms with Crippen LogP contribution < -0.4 is 9.47 Å². The van der Waals surface area contributed by atoms with E-state index in [4.69, 9.17) is 14.7 Å². The van der Waals surface area contributed by atoms with E-state index in [-0.39, 0.29) is 12.4 Å². The smallest absolute Gasteiger partial charge is 0.343 e. The monoisotopic (exact) mass is 307 g/mol. The molecule has 0 aromatic heterocycles. The van der Waals surface area contributed by atoms with Gasteiger partial charge in [0.15, 0.2) is 12.4 Å². The minimum Gasteiger partial charge on any atom is -0.485 e. The van der Waals surface area contributed by atoms with Gasteiger partial charge in [-0.2, -0.15) is 5.26 Å². The molecule has 2 aromatic rings. The van der Waals surface area contributed by atoms with Gasteiger partial charge in [0.25, 0.3) is 0 Å². The van der Waals surface area contributed by atoms with Crippen LogP contribution in [0.25, 0.3) is 0 Å². The lowest BCUT2D eigenvalue weighted by Gasteiger charge is -2.07. The fourth-order valence-corrected chi connectivity index (χ4v) is 1.66. The predicted molar refractivity (Wildman–Crippen MR) is 83.3 cm³/mol. The number of ether oxygens (including phenoxy) is 2. The van der Waals surface area contributed by atoms with Crippen molar-refractivity contribution in [3.63, 3.8) is 0 Å². The molecule has 0 radical (unpaired) electrons. The Labute approximate surface area is 133 Å². The first-order valence-electron chi connectivity index (χ1n) is 6.73. The number of hydrogen-bond acceptors (Lipinski definition) is 5. The molecule has 0 fully saturated rings. The van der Waals surface area contributed by atoms with Gasteiger partial charge < -0.3 is 9.47 Å². The van der Waals surface area contributed by atoms with Crippen molar-refractivity contribution in [2.45, 2.75) is 0 Å². The average molecular weight is 307 g/mol. The molecular weight excluding hydrogens is 294 g/mol. The van der Waals surface area contributed by atoms with Crippen molar-refractivity contribution in [1.29, 1.82) is 5.26 Å². The molecule has 0 amide bonds. The standard InChI is InChI=1S/C18H13NO4/c1-2-15(20)12-22-16-7-9-17(10-8-16)23-18(21)14-5-3-13(11-19)4-6-14/h2-10H,1,12H2. The molecule has 2 aromatic carbocycles. The Morgan fingerprint density at radius 3 is 2.22 bits per heavy atom. The molecule has 0 spiro atoms. The van der Waals surface area contributed by atoms with Crippen molar-refractivity contribution in [2.24, 2.45) is 0 Å². The fraction of sp³-hybridized carbons (Fsp3) is 0.0556. The molecule has 5 nitrogen and oxygen atoms in total. The van der Waals surface area contributed by atoms with Crippen molar-refractivity contribution in [3.05, 3.63) is 72.3 Å². The van der Waals surface area contributed by atoms with E-state index in [1.54, 1.807) is 36.4 Å². The maximum absolute atomic E-state index is 12.0. The molecule has 0 atom stereocenters. The third kappa shape index (κ3) is 4.55. The van der Waals surface area contributed by atoms with Crippen LogP contribution in [-0.2, 0) is 4.79 Å². The van der Waals surface area contributed by atoms with Crippen LogP contribution in [0.3, 0.4) is 0 Å². The van der Waals surface area contributed by atoms with E-state index in [2.05, 4.69) is 6.58 Å². The highest BCUT2D eigenvalue weighted by molar-refractivity contribution is 5.91. The number of carbonyl (C=O) groups is 2. The van der Waals surface area contributed by atoms with Crippen molar-refractivity contribution in [1.82, 2.24) is 0 Å². The lowest BCUT2D eigenvalue weighted by Crippen LogP contribution is -2.09. The highest BCUT2D eigenvalue weighted by atomic mass is 16.5. The Balaban J connectivity index is 1.97. The van der Waals surface area contributed by atoms with Crippen LogP contribution in [0.4, 0.5) is 0 Å². The molecule has 0 aliphatic heterocycles. The second kappa shape index (κ2) is 7.57. The van der Waals surface area contributed by atoms with Crippen molar-refractivity contribution in [2.75, 3.05) is 6.61 Å². The molecule has 0 aliphatic rings. The molecule has 2 rings (SSSR count). The number of ketones is 1. The molecule has 0 N–H and O–H groups in total. The largest absolute Gasteiger partial charge is 0.485 e. The van der Waals surface area contributed by atoms with Gasteiger partial charge in [-0.15, -0.1) is 0 Å². The summed E-state index contributed by atoms with van der Waals surface area (Å²) in [5.74, 6) is 0.0893. The SMILES string of the molecule is C=CC(=O)COc1ccc(OC(=O)c2ccc(C#N)cc2)cc1. The van der Waals surface area contributed by atoms with Gasteiger partial charge >= 0.3 is 5.97 Å². The first kappa shape index (κ1) is 16.0. The summed E-state index contributed by atoms with van der Waals surface area (Å²) in [6, 6.07) is 14.4. The van der Waals surface area contributed by atoms with E-state index >= 15 is 0 Å². The summed E-state index contributed by atoms with van der Waals surface area (Å²) in [5, 5.41) is 8.72. The number of hydrogen-bond donors (Lipinski definition) is 0. The van der Waals surface area contributed by atoms with Crippen LogP contribution in [0, 0.1) is 11.3 Å². The highest BCUT2D eigenvalue weighted by Gasteiger charge is 2.08. The summed E-state index contributed by atoms with van der Waals surface area (Å²) >= 11 is 0. The minimum atomic E-state index is -0.523. The Kier molecular flexibility index (Phi) is 5.26. The van der Waals surface area contributed by atoms with Crippen LogP contribution in [-0.4, -0.2) is 18.4 Å². The number of nitrogens with zero attached hydrogens (tertiary/aromatic N) is 1. The highest BCUT2D eigenvalue weighted by Crippen LogP contribution is 2.19. The zero-order valence-electron chi connectivity index (χ0n) is 12.2. The van der Waals surface area contributed by atoms with Gasteiger partial charge in [0.2, 0.25) is 0 Å². The fourth-order valence-electron chi connectivity index (χ4n) is 1.66. The van der Waals surface area contributed by atoms with Crippen LogP contribution in [0.1, 0.15) is 15.9 Å². The van der Waals surface area contributed by atoms with E-state index in [9.17, 15) is 9.59 Å². The molecular formula is C18H13NO4. The third-order valence-electron chi connectivity index (χ3n) is 2.89. The Morgan fingerprint density at radius 2 is 1.65 bits per heavy atom. The van der Waals surface area contributed by atoms with Crippen LogP contribution in [0.5, 0.6) is 11.5 Å². The number of carbonyl (C=O) groups excluding carboxylic acids is 2. The van der Waals surface area contributed by atoms with Gasteiger partial charge in [0.1, 0.15) is 11.5 Å². The average Bonchev–Trinajstić information content (AvgIpc) is 2.60. The van der Waals surface area contributed by atoms with E-state index in [0.29, 0.717) is 22.6 Å². The van der Waals surface area contributed by atoms with Gasteiger partial charge in [-0.1, -0.05) is 6.58 Å². The van der Waals surface area contributed by atoms with Crippen molar-refractivity contribution in [3.8, 4) is 17.6 Å². The lowest BCUT2D eigenvalue weighted by molar-refractivity contribution is -0.116. The topological polar surface area (TPSA) is 76.4 Å². The van der Waals surface area contributed by atoms with Gasteiger partial charge in [-0.05, 0) is 54.6 Å². The Hall–Kier alpha value is -3.39. The summed E-state index contributed by atoms with van der Waals surface area (Å²) in [7, 11) is 0. The number of esters is 1. The summed E-state index contributed by atoms with van der Waals surface area (Å²) in [4.78, 5) is 23.0. The van der Waals surface area contributed by atoms with Gasteiger partial charge in [-0.25, -0.2) is 4.79 Å². The van der Waals surface area contributed by atoms with E-state index < -0.39 is 5.97 Å². The summed E-state index contributed by atoms with van der Waals surface area (Å²) < 4.78 is 10.5. The number of rotatable bonds is 6. The first-order chi connectivity index (χ1) is 11.1. The van der Waals surface area contributed by atoms with Crippen LogP contribution >= 0.6 is 0 Å². The van der Waals surface area contributed by atoms with Gasteiger partial charge in [0.05, 0.1) is 17.2 Å².